The zero-order valence-electron chi connectivity index (χ0n) is 15.3. The van der Waals surface area contributed by atoms with Gasteiger partial charge < -0.3 is 4.57 Å². The van der Waals surface area contributed by atoms with E-state index in [0.717, 1.165) is 43.1 Å². The molecule has 3 aromatic heterocycles. The Kier molecular flexibility index (Phi) is 3.94. The molecule has 0 saturated heterocycles. The molecule has 0 amide bonds. The fourth-order valence-electron chi connectivity index (χ4n) is 3.92. The molecule has 0 spiro atoms. The molecule has 0 fully saturated rings. The summed E-state index contributed by atoms with van der Waals surface area (Å²) in [6, 6.07) is 12.5. The van der Waals surface area contributed by atoms with Crippen LogP contribution in [0.5, 0.6) is 0 Å². The van der Waals surface area contributed by atoms with Gasteiger partial charge in [-0.15, -0.1) is 0 Å². The van der Waals surface area contributed by atoms with E-state index in [1.807, 2.05) is 24.5 Å². The van der Waals surface area contributed by atoms with Crippen LogP contribution in [-0.4, -0.2) is 31.0 Å². The van der Waals surface area contributed by atoms with E-state index < -0.39 is 0 Å². The first kappa shape index (κ1) is 16.1. The largest absolute Gasteiger partial charge is 0.350 e. The summed E-state index contributed by atoms with van der Waals surface area (Å²) >= 11 is 0. The molecule has 0 saturated carbocycles. The van der Waals surface area contributed by atoms with Gasteiger partial charge in [0.25, 0.3) is 0 Å². The van der Waals surface area contributed by atoms with Gasteiger partial charge in [0.15, 0.2) is 5.82 Å². The third kappa shape index (κ3) is 3.00. The molecule has 5 rings (SSSR count). The van der Waals surface area contributed by atoms with Crippen LogP contribution in [0, 0.1) is 0 Å². The highest BCUT2D eigenvalue weighted by Crippen LogP contribution is 2.25. The monoisotopic (exact) mass is 355 g/mol. The van der Waals surface area contributed by atoms with Crippen molar-refractivity contribution in [3.8, 4) is 11.4 Å². The minimum atomic E-state index is 0.758. The summed E-state index contributed by atoms with van der Waals surface area (Å²) in [5, 5.41) is 1.34. The number of fused-ring (bicyclic) bond motifs is 2. The summed E-state index contributed by atoms with van der Waals surface area (Å²) < 4.78 is 2.21. The first-order chi connectivity index (χ1) is 13.3. The minimum absolute atomic E-state index is 0.758. The molecule has 0 N–H and O–H groups in total. The Morgan fingerprint density at radius 2 is 2.00 bits per heavy atom. The molecule has 0 radical (unpaired) electrons. The van der Waals surface area contributed by atoms with Gasteiger partial charge in [-0.3, -0.25) is 9.88 Å². The van der Waals surface area contributed by atoms with Crippen LogP contribution in [0.25, 0.3) is 22.3 Å². The quantitative estimate of drug-likeness (QED) is 0.563. The van der Waals surface area contributed by atoms with Gasteiger partial charge >= 0.3 is 0 Å². The predicted octanol–water partition coefficient (Wildman–Crippen LogP) is 3.59. The van der Waals surface area contributed by atoms with Gasteiger partial charge in [-0.05, 0) is 35.7 Å². The molecular formula is C22H21N5. The molecule has 0 aliphatic carbocycles. The van der Waals surface area contributed by atoms with E-state index in [9.17, 15) is 0 Å². The van der Waals surface area contributed by atoms with Crippen molar-refractivity contribution in [2.45, 2.75) is 19.5 Å². The van der Waals surface area contributed by atoms with Crippen LogP contribution in [0.2, 0.25) is 0 Å². The molecule has 1 aliphatic rings. The van der Waals surface area contributed by atoms with Crippen molar-refractivity contribution in [1.82, 2.24) is 24.4 Å². The number of hydrogen-bond acceptors (Lipinski definition) is 4. The van der Waals surface area contributed by atoms with E-state index in [1.54, 1.807) is 6.20 Å². The Bertz CT molecular complexity index is 1100. The van der Waals surface area contributed by atoms with Crippen molar-refractivity contribution in [2.24, 2.45) is 7.05 Å². The number of hydrogen-bond donors (Lipinski definition) is 0. The van der Waals surface area contributed by atoms with Crippen molar-refractivity contribution >= 4 is 10.9 Å². The average Bonchev–Trinajstić information content (AvgIpc) is 3.04. The van der Waals surface area contributed by atoms with Crippen LogP contribution in [-0.2, 0) is 26.6 Å². The summed E-state index contributed by atoms with van der Waals surface area (Å²) in [6.07, 6.45) is 8.82. The molecule has 5 nitrogen and oxygen atoms in total. The standard InChI is InChI=1S/C22H21N5/c1-26-13-18(19-6-2-3-7-21(19)26)14-27-10-8-16-12-24-22(25-20(16)15-27)17-5-4-9-23-11-17/h2-7,9,11-13H,8,10,14-15H2,1H3. The SMILES string of the molecule is Cn1cc(CN2CCc3cnc(-c4cccnc4)nc3C2)c2ccccc21. The predicted molar refractivity (Wildman–Crippen MR) is 106 cm³/mol. The molecule has 0 bridgehead atoms. The summed E-state index contributed by atoms with van der Waals surface area (Å²) in [5.41, 5.74) is 6.02. The average molecular weight is 355 g/mol. The molecule has 1 aliphatic heterocycles. The maximum Gasteiger partial charge on any atom is 0.160 e. The van der Waals surface area contributed by atoms with E-state index in [2.05, 4.69) is 56.9 Å². The Balaban J connectivity index is 1.42. The molecular weight excluding hydrogens is 334 g/mol. The van der Waals surface area contributed by atoms with Gasteiger partial charge in [0.2, 0.25) is 0 Å². The number of benzene rings is 1. The zero-order chi connectivity index (χ0) is 18.2. The van der Waals surface area contributed by atoms with Crippen LogP contribution in [0.3, 0.4) is 0 Å². The van der Waals surface area contributed by atoms with E-state index >= 15 is 0 Å². The second-order valence-corrected chi connectivity index (χ2v) is 7.15. The van der Waals surface area contributed by atoms with Gasteiger partial charge in [0, 0.05) is 67.9 Å². The van der Waals surface area contributed by atoms with Crippen molar-refractivity contribution in [3.05, 3.63) is 78.0 Å². The molecule has 4 aromatic rings. The normalized spacial score (nSPS) is 14.4. The van der Waals surface area contributed by atoms with E-state index in [1.165, 1.54) is 22.0 Å². The van der Waals surface area contributed by atoms with Gasteiger partial charge in [0.1, 0.15) is 0 Å². The smallest absolute Gasteiger partial charge is 0.160 e. The van der Waals surface area contributed by atoms with Crippen LogP contribution < -0.4 is 0 Å². The van der Waals surface area contributed by atoms with Crippen LogP contribution in [0.1, 0.15) is 16.8 Å². The number of rotatable bonds is 3. The Morgan fingerprint density at radius 3 is 2.89 bits per heavy atom. The molecule has 134 valence electrons. The summed E-state index contributed by atoms with van der Waals surface area (Å²) in [5.74, 6) is 0.758. The molecule has 0 atom stereocenters. The first-order valence-corrected chi connectivity index (χ1v) is 9.28. The van der Waals surface area contributed by atoms with E-state index in [-0.39, 0.29) is 0 Å². The lowest BCUT2D eigenvalue weighted by Crippen LogP contribution is -2.31. The van der Waals surface area contributed by atoms with Crippen molar-refractivity contribution < 1.29 is 0 Å². The second-order valence-electron chi connectivity index (χ2n) is 7.15. The molecule has 0 unspecified atom stereocenters. The second kappa shape index (κ2) is 6.59. The number of para-hydroxylation sites is 1. The molecule has 4 heterocycles. The number of pyridine rings is 1. The van der Waals surface area contributed by atoms with E-state index in [4.69, 9.17) is 4.98 Å². The van der Waals surface area contributed by atoms with Gasteiger partial charge in [-0.2, -0.15) is 0 Å². The zero-order valence-corrected chi connectivity index (χ0v) is 15.3. The van der Waals surface area contributed by atoms with Crippen LogP contribution in [0.4, 0.5) is 0 Å². The topological polar surface area (TPSA) is 46.8 Å². The van der Waals surface area contributed by atoms with Crippen molar-refractivity contribution in [3.63, 3.8) is 0 Å². The Hall–Kier alpha value is -3.05. The highest BCUT2D eigenvalue weighted by molar-refractivity contribution is 5.83. The fourth-order valence-corrected chi connectivity index (χ4v) is 3.92. The number of aryl methyl sites for hydroxylation is 1. The Labute approximate surface area is 158 Å². The lowest BCUT2D eigenvalue weighted by atomic mass is 10.1. The number of aromatic nitrogens is 4. The summed E-state index contributed by atoms with van der Waals surface area (Å²) in [7, 11) is 2.12. The highest BCUT2D eigenvalue weighted by atomic mass is 15.1. The molecule has 1 aromatic carbocycles. The highest BCUT2D eigenvalue weighted by Gasteiger charge is 2.20. The van der Waals surface area contributed by atoms with Crippen molar-refractivity contribution in [1.29, 1.82) is 0 Å². The maximum absolute atomic E-state index is 4.84. The minimum Gasteiger partial charge on any atom is -0.350 e. The Morgan fingerprint density at radius 1 is 1.07 bits per heavy atom. The van der Waals surface area contributed by atoms with Gasteiger partial charge in [-0.25, -0.2) is 9.97 Å². The third-order valence-corrected chi connectivity index (χ3v) is 5.32. The van der Waals surface area contributed by atoms with Crippen molar-refractivity contribution in [2.75, 3.05) is 6.54 Å². The van der Waals surface area contributed by atoms with Gasteiger partial charge in [-0.1, -0.05) is 18.2 Å². The summed E-state index contributed by atoms with van der Waals surface area (Å²) in [6.45, 7) is 2.83. The maximum atomic E-state index is 4.84. The first-order valence-electron chi connectivity index (χ1n) is 9.28. The lowest BCUT2D eigenvalue weighted by Gasteiger charge is -2.27. The number of nitrogens with zero attached hydrogens (tertiary/aromatic N) is 5. The summed E-state index contributed by atoms with van der Waals surface area (Å²) in [4.78, 5) is 16.0. The third-order valence-electron chi connectivity index (χ3n) is 5.32. The van der Waals surface area contributed by atoms with Crippen LogP contribution in [0.15, 0.2) is 61.2 Å². The van der Waals surface area contributed by atoms with Crippen LogP contribution >= 0.6 is 0 Å². The molecule has 27 heavy (non-hydrogen) atoms. The molecule has 5 heteroatoms. The lowest BCUT2D eigenvalue weighted by molar-refractivity contribution is 0.242. The van der Waals surface area contributed by atoms with Gasteiger partial charge in [0.05, 0.1) is 5.69 Å². The van der Waals surface area contributed by atoms with E-state index in [0.29, 0.717) is 0 Å². The fraction of sp³-hybridized carbons (Fsp3) is 0.227.